The minimum Gasteiger partial charge on any atom is -0.379 e. The van der Waals surface area contributed by atoms with Crippen molar-refractivity contribution in [2.45, 2.75) is 104 Å². The molecule has 49 heavy (non-hydrogen) atoms. The first-order valence-corrected chi connectivity index (χ1v) is 19.8. The van der Waals surface area contributed by atoms with Gasteiger partial charge in [-0.15, -0.1) is 0 Å². The fraction of sp³-hybridized carbons (Fsp3) is 1.00. The van der Waals surface area contributed by atoms with Crippen molar-refractivity contribution in [3.8, 4) is 0 Å². The molecule has 11 heteroatoms. The number of rotatable bonds is 46. The molecular formula is C38H78O11. The highest BCUT2D eigenvalue weighted by atomic mass is 16.6. The fourth-order valence-corrected chi connectivity index (χ4v) is 4.62. The van der Waals surface area contributed by atoms with Crippen LogP contribution in [0.15, 0.2) is 0 Å². The van der Waals surface area contributed by atoms with Crippen LogP contribution in [-0.2, 0) is 52.1 Å². The summed E-state index contributed by atoms with van der Waals surface area (Å²) in [6.45, 7) is 17.4. The second kappa shape index (κ2) is 47.6. The first-order chi connectivity index (χ1) is 24.4. The quantitative estimate of drug-likeness (QED) is 0.0634. The van der Waals surface area contributed by atoms with Crippen molar-refractivity contribution in [2.75, 3.05) is 145 Å². The Kier molecular flexibility index (Phi) is 47.1. The standard InChI is InChI=1S/C38H78O11/c1-3-5-7-9-11-12-14-16-18-40-20-22-42-24-26-44-28-30-46-32-34-48-36-38-49-37-35-47-33-31-45-29-27-43-25-23-41-21-19-39-17-15-13-10-8-6-4-2/h3-38H2,1-2H3. The van der Waals surface area contributed by atoms with E-state index in [0.717, 1.165) is 26.1 Å². The van der Waals surface area contributed by atoms with Crippen molar-refractivity contribution in [3.63, 3.8) is 0 Å². The van der Waals surface area contributed by atoms with Crippen molar-refractivity contribution in [1.29, 1.82) is 0 Å². The summed E-state index contributed by atoms with van der Waals surface area (Å²) in [5, 5.41) is 0. The number of hydrogen-bond donors (Lipinski definition) is 0. The highest BCUT2D eigenvalue weighted by Gasteiger charge is 1.97. The maximum absolute atomic E-state index is 5.63. The molecule has 11 nitrogen and oxygen atoms in total. The van der Waals surface area contributed by atoms with Crippen molar-refractivity contribution in [3.05, 3.63) is 0 Å². The summed E-state index contributed by atoms with van der Waals surface area (Å²) in [6.07, 6.45) is 18.2. The maximum atomic E-state index is 5.63. The highest BCUT2D eigenvalue weighted by molar-refractivity contribution is 4.46. The van der Waals surface area contributed by atoms with E-state index in [2.05, 4.69) is 13.8 Å². The SMILES string of the molecule is CCCCCCCCCCOCCOCCOCCOCCOCCOCCOCCOCCOCCOCCOCCCCCCCC. The predicted octanol–water partition coefficient (Wildman–Crippen LogP) is 6.67. The zero-order valence-electron chi connectivity index (χ0n) is 31.9. The summed E-state index contributed by atoms with van der Waals surface area (Å²) in [6, 6.07) is 0. The van der Waals surface area contributed by atoms with Crippen molar-refractivity contribution >= 4 is 0 Å². The van der Waals surface area contributed by atoms with Crippen LogP contribution in [0.4, 0.5) is 0 Å². The largest absolute Gasteiger partial charge is 0.379 e. The van der Waals surface area contributed by atoms with Crippen molar-refractivity contribution < 1.29 is 52.1 Å². The Labute approximate surface area is 300 Å². The number of unbranched alkanes of at least 4 members (excludes halogenated alkanes) is 12. The van der Waals surface area contributed by atoms with Gasteiger partial charge in [-0.05, 0) is 12.8 Å². The lowest BCUT2D eigenvalue weighted by molar-refractivity contribution is -0.0275. The van der Waals surface area contributed by atoms with E-state index in [0.29, 0.717) is 132 Å². The molecule has 0 atom stereocenters. The van der Waals surface area contributed by atoms with Crippen LogP contribution in [0.1, 0.15) is 104 Å². The lowest BCUT2D eigenvalue weighted by atomic mass is 10.1. The molecule has 0 aromatic heterocycles. The van der Waals surface area contributed by atoms with E-state index < -0.39 is 0 Å². The minimum absolute atomic E-state index is 0.528. The van der Waals surface area contributed by atoms with E-state index in [1.807, 2.05) is 0 Å². The van der Waals surface area contributed by atoms with E-state index in [1.54, 1.807) is 0 Å². The Morgan fingerprint density at radius 2 is 0.306 bits per heavy atom. The average Bonchev–Trinajstić information content (AvgIpc) is 3.11. The van der Waals surface area contributed by atoms with Crippen LogP contribution in [0.5, 0.6) is 0 Å². The smallest absolute Gasteiger partial charge is 0.0701 e. The molecule has 0 aromatic carbocycles. The van der Waals surface area contributed by atoms with Gasteiger partial charge in [-0.3, -0.25) is 0 Å². The Morgan fingerprint density at radius 1 is 0.163 bits per heavy atom. The van der Waals surface area contributed by atoms with Gasteiger partial charge in [0.1, 0.15) is 0 Å². The second-order valence-electron chi connectivity index (χ2n) is 12.0. The summed E-state index contributed by atoms with van der Waals surface area (Å²) in [5.74, 6) is 0. The third-order valence-electron chi connectivity index (χ3n) is 7.50. The average molecular weight is 711 g/mol. The zero-order valence-corrected chi connectivity index (χ0v) is 31.9. The number of hydrogen-bond acceptors (Lipinski definition) is 11. The van der Waals surface area contributed by atoms with Crippen molar-refractivity contribution in [2.24, 2.45) is 0 Å². The molecule has 0 aliphatic carbocycles. The van der Waals surface area contributed by atoms with Crippen molar-refractivity contribution in [1.82, 2.24) is 0 Å². The van der Waals surface area contributed by atoms with Gasteiger partial charge >= 0.3 is 0 Å². The molecule has 0 saturated carbocycles. The van der Waals surface area contributed by atoms with E-state index >= 15 is 0 Å². The van der Waals surface area contributed by atoms with E-state index in [1.165, 1.54) is 77.0 Å². The summed E-state index contributed by atoms with van der Waals surface area (Å²) in [7, 11) is 0. The summed E-state index contributed by atoms with van der Waals surface area (Å²) in [4.78, 5) is 0. The van der Waals surface area contributed by atoms with Crippen LogP contribution < -0.4 is 0 Å². The molecule has 0 N–H and O–H groups in total. The van der Waals surface area contributed by atoms with Gasteiger partial charge in [-0.2, -0.15) is 0 Å². The van der Waals surface area contributed by atoms with Crippen LogP contribution in [0.2, 0.25) is 0 Å². The summed E-state index contributed by atoms with van der Waals surface area (Å²) in [5.41, 5.74) is 0. The third-order valence-corrected chi connectivity index (χ3v) is 7.50. The second-order valence-corrected chi connectivity index (χ2v) is 12.0. The number of ether oxygens (including phenoxy) is 11. The van der Waals surface area contributed by atoms with Crippen LogP contribution in [0.3, 0.4) is 0 Å². The van der Waals surface area contributed by atoms with E-state index in [4.69, 9.17) is 52.1 Å². The molecule has 0 amide bonds. The van der Waals surface area contributed by atoms with Crippen LogP contribution in [0.25, 0.3) is 0 Å². The third kappa shape index (κ3) is 47.6. The Bertz CT molecular complexity index is 514. The molecule has 0 rings (SSSR count). The molecule has 0 bridgehead atoms. The molecule has 296 valence electrons. The van der Waals surface area contributed by atoms with Gasteiger partial charge in [0.05, 0.1) is 132 Å². The molecule has 0 heterocycles. The van der Waals surface area contributed by atoms with Gasteiger partial charge in [0.2, 0.25) is 0 Å². The topological polar surface area (TPSA) is 102 Å². The predicted molar refractivity (Wildman–Crippen MR) is 195 cm³/mol. The molecule has 0 aliphatic rings. The Morgan fingerprint density at radius 3 is 0.490 bits per heavy atom. The molecule has 0 aliphatic heterocycles. The molecule has 0 fully saturated rings. The molecule has 0 radical (unpaired) electrons. The van der Waals surface area contributed by atoms with Crippen LogP contribution in [-0.4, -0.2) is 145 Å². The van der Waals surface area contributed by atoms with Gasteiger partial charge in [0, 0.05) is 13.2 Å². The van der Waals surface area contributed by atoms with Gasteiger partial charge in [0.25, 0.3) is 0 Å². The first kappa shape index (κ1) is 48.6. The summed E-state index contributed by atoms with van der Waals surface area (Å²) < 4.78 is 60.9. The maximum Gasteiger partial charge on any atom is 0.0701 e. The monoisotopic (exact) mass is 711 g/mol. The van der Waals surface area contributed by atoms with Gasteiger partial charge in [-0.1, -0.05) is 90.9 Å². The molecule has 0 aromatic rings. The van der Waals surface area contributed by atoms with E-state index in [9.17, 15) is 0 Å². The minimum atomic E-state index is 0.528. The fourth-order valence-electron chi connectivity index (χ4n) is 4.62. The van der Waals surface area contributed by atoms with E-state index in [-0.39, 0.29) is 0 Å². The van der Waals surface area contributed by atoms with Gasteiger partial charge in [0.15, 0.2) is 0 Å². The van der Waals surface area contributed by atoms with Crippen LogP contribution in [0, 0.1) is 0 Å². The highest BCUT2D eigenvalue weighted by Crippen LogP contribution is 2.08. The molecule has 0 unspecified atom stereocenters. The lowest BCUT2D eigenvalue weighted by Gasteiger charge is -2.09. The Balaban J connectivity index is 3.04. The van der Waals surface area contributed by atoms with Gasteiger partial charge in [-0.25, -0.2) is 0 Å². The summed E-state index contributed by atoms with van der Waals surface area (Å²) >= 11 is 0. The molecular weight excluding hydrogens is 632 g/mol. The Hall–Kier alpha value is -0.440. The van der Waals surface area contributed by atoms with Gasteiger partial charge < -0.3 is 52.1 Å². The molecule has 0 spiro atoms. The normalized spacial score (nSPS) is 11.6. The zero-order chi connectivity index (χ0) is 35.2. The lowest BCUT2D eigenvalue weighted by Crippen LogP contribution is -2.15. The first-order valence-electron chi connectivity index (χ1n) is 19.8. The van der Waals surface area contributed by atoms with Crippen LogP contribution >= 0.6 is 0 Å². The molecule has 0 saturated heterocycles.